The van der Waals surface area contributed by atoms with Gasteiger partial charge in [0.2, 0.25) is 5.91 Å². The zero-order valence-electron chi connectivity index (χ0n) is 17.4. The molecule has 154 valence electrons. The maximum absolute atomic E-state index is 13.0. The Balaban J connectivity index is 1.39. The first-order valence-electron chi connectivity index (χ1n) is 11.3. The average Bonchev–Trinajstić information content (AvgIpc) is 3.19. The molecule has 2 aromatic rings. The minimum Gasteiger partial charge on any atom is -0.337 e. The van der Waals surface area contributed by atoms with E-state index in [0.29, 0.717) is 29.8 Å². The van der Waals surface area contributed by atoms with Crippen molar-refractivity contribution in [2.24, 2.45) is 11.8 Å². The van der Waals surface area contributed by atoms with Gasteiger partial charge in [-0.3, -0.25) is 9.69 Å². The summed E-state index contributed by atoms with van der Waals surface area (Å²) in [6.07, 6.45) is 9.35. The zero-order chi connectivity index (χ0) is 19.8. The lowest BCUT2D eigenvalue weighted by Crippen LogP contribution is -2.65. The number of aryl methyl sites for hydroxylation is 1. The van der Waals surface area contributed by atoms with Gasteiger partial charge in [0.05, 0.1) is 12.0 Å². The van der Waals surface area contributed by atoms with Crippen LogP contribution in [0.3, 0.4) is 0 Å². The van der Waals surface area contributed by atoms with Crippen LogP contribution < -0.4 is 0 Å². The maximum Gasteiger partial charge on any atom is 0.223 e. The standard InChI is InChI=1S/C24H32N4O/c1-2-26-15-21(25-17-26)16-27-13-19-12-20(14-27)23(11-18-7-4-3-5-8-18)28-22(19)9-6-10-24(28)29/h3-5,7-8,15,17,19-20,22-23H,2,6,9-14,16H2,1H3/t19-,20+,22+,23+/m1/s1. The molecule has 0 aliphatic carbocycles. The molecule has 3 fully saturated rings. The number of aromatic nitrogens is 2. The number of carbonyl (C=O) groups excluding carboxylic acids is 1. The SMILES string of the molecule is CCn1cnc(CN2C[C@H]3C[C@@H](C2)[C@H](Cc2ccccc2)N2C(=O)CCC[C@@H]32)c1. The van der Waals surface area contributed by atoms with Crippen LogP contribution in [0.1, 0.15) is 43.9 Å². The van der Waals surface area contributed by atoms with E-state index in [2.05, 4.69) is 62.8 Å². The van der Waals surface area contributed by atoms with Crippen LogP contribution in [0.15, 0.2) is 42.9 Å². The molecule has 0 saturated carbocycles. The molecule has 1 aromatic heterocycles. The van der Waals surface area contributed by atoms with Gasteiger partial charge in [-0.1, -0.05) is 30.3 Å². The normalized spacial score (nSPS) is 29.7. The summed E-state index contributed by atoms with van der Waals surface area (Å²) in [6.45, 7) is 6.22. The molecular weight excluding hydrogens is 360 g/mol. The molecule has 1 aromatic carbocycles. The van der Waals surface area contributed by atoms with Crippen molar-refractivity contribution in [1.82, 2.24) is 19.4 Å². The molecule has 4 atom stereocenters. The number of hydrogen-bond acceptors (Lipinski definition) is 3. The van der Waals surface area contributed by atoms with E-state index >= 15 is 0 Å². The van der Waals surface area contributed by atoms with Gasteiger partial charge in [-0.05, 0) is 50.0 Å². The summed E-state index contributed by atoms with van der Waals surface area (Å²) in [5.41, 5.74) is 2.52. The third kappa shape index (κ3) is 3.73. The second-order valence-electron chi connectivity index (χ2n) is 9.16. The van der Waals surface area contributed by atoms with Crippen molar-refractivity contribution >= 4 is 5.91 Å². The van der Waals surface area contributed by atoms with Crippen LogP contribution in [0.5, 0.6) is 0 Å². The number of amides is 1. The van der Waals surface area contributed by atoms with Crippen molar-refractivity contribution in [3.8, 4) is 0 Å². The van der Waals surface area contributed by atoms with Gasteiger partial charge in [-0.25, -0.2) is 4.98 Å². The number of hydrogen-bond donors (Lipinski definition) is 0. The molecule has 5 heteroatoms. The highest BCUT2D eigenvalue weighted by Crippen LogP contribution is 2.42. The Hall–Kier alpha value is -2.14. The summed E-state index contributed by atoms with van der Waals surface area (Å²) < 4.78 is 2.15. The first-order chi connectivity index (χ1) is 14.2. The van der Waals surface area contributed by atoms with E-state index in [0.717, 1.165) is 45.4 Å². The largest absolute Gasteiger partial charge is 0.337 e. The van der Waals surface area contributed by atoms with Gasteiger partial charge < -0.3 is 9.47 Å². The highest BCUT2D eigenvalue weighted by atomic mass is 16.2. The number of benzene rings is 1. The molecule has 4 heterocycles. The quantitative estimate of drug-likeness (QED) is 0.784. The van der Waals surface area contributed by atoms with Crippen LogP contribution in [0.25, 0.3) is 0 Å². The fourth-order valence-electron chi connectivity index (χ4n) is 6.01. The van der Waals surface area contributed by atoms with E-state index in [9.17, 15) is 4.79 Å². The molecule has 2 bridgehead atoms. The molecule has 3 aliphatic rings. The van der Waals surface area contributed by atoms with Gasteiger partial charge in [0.25, 0.3) is 0 Å². The summed E-state index contributed by atoms with van der Waals surface area (Å²) >= 11 is 0. The average molecular weight is 393 g/mol. The summed E-state index contributed by atoms with van der Waals surface area (Å²) in [4.78, 5) is 22.5. The van der Waals surface area contributed by atoms with E-state index in [1.165, 1.54) is 24.1 Å². The van der Waals surface area contributed by atoms with Gasteiger partial charge in [-0.15, -0.1) is 0 Å². The van der Waals surface area contributed by atoms with E-state index < -0.39 is 0 Å². The third-order valence-electron chi connectivity index (χ3n) is 7.30. The summed E-state index contributed by atoms with van der Waals surface area (Å²) in [5, 5.41) is 0. The Kier molecular flexibility index (Phi) is 5.17. The van der Waals surface area contributed by atoms with Crippen LogP contribution in [0, 0.1) is 11.8 Å². The second-order valence-corrected chi connectivity index (χ2v) is 9.16. The fourth-order valence-corrected chi connectivity index (χ4v) is 6.01. The van der Waals surface area contributed by atoms with E-state index in [4.69, 9.17) is 0 Å². The predicted molar refractivity (Wildman–Crippen MR) is 113 cm³/mol. The first kappa shape index (κ1) is 18.9. The Labute approximate surface area is 173 Å². The lowest BCUT2D eigenvalue weighted by Gasteiger charge is -2.56. The minimum atomic E-state index is 0.336. The Morgan fingerprint density at radius 3 is 2.76 bits per heavy atom. The molecule has 1 amide bonds. The first-order valence-corrected chi connectivity index (χ1v) is 11.3. The van der Waals surface area contributed by atoms with Crippen molar-refractivity contribution in [3.63, 3.8) is 0 Å². The number of likely N-dealkylation sites (tertiary alicyclic amines) is 1. The molecule has 0 unspecified atom stereocenters. The number of fused-ring (bicyclic) bond motifs is 4. The van der Waals surface area contributed by atoms with Gasteiger partial charge in [0.15, 0.2) is 0 Å². The lowest BCUT2D eigenvalue weighted by atomic mass is 9.70. The van der Waals surface area contributed by atoms with Gasteiger partial charge in [0, 0.05) is 50.9 Å². The highest BCUT2D eigenvalue weighted by molar-refractivity contribution is 5.78. The van der Waals surface area contributed by atoms with Crippen molar-refractivity contribution in [2.75, 3.05) is 13.1 Å². The van der Waals surface area contributed by atoms with E-state index in [-0.39, 0.29) is 0 Å². The monoisotopic (exact) mass is 392 g/mol. The van der Waals surface area contributed by atoms with Gasteiger partial charge in [0.1, 0.15) is 0 Å². The van der Waals surface area contributed by atoms with Gasteiger partial charge >= 0.3 is 0 Å². The summed E-state index contributed by atoms with van der Waals surface area (Å²) in [5.74, 6) is 1.56. The molecule has 5 rings (SSSR count). The minimum absolute atomic E-state index is 0.336. The number of nitrogens with zero attached hydrogens (tertiary/aromatic N) is 4. The van der Waals surface area contributed by atoms with Gasteiger partial charge in [-0.2, -0.15) is 0 Å². The zero-order valence-corrected chi connectivity index (χ0v) is 17.4. The number of rotatable bonds is 5. The number of imidazole rings is 1. The summed E-state index contributed by atoms with van der Waals surface area (Å²) in [7, 11) is 0. The third-order valence-corrected chi connectivity index (χ3v) is 7.30. The van der Waals surface area contributed by atoms with Crippen LogP contribution in [-0.2, 0) is 24.3 Å². The highest BCUT2D eigenvalue weighted by Gasteiger charge is 2.49. The van der Waals surface area contributed by atoms with E-state index in [1.807, 2.05) is 6.33 Å². The molecular formula is C24H32N4O. The number of carbonyl (C=O) groups is 1. The van der Waals surface area contributed by atoms with Crippen molar-refractivity contribution in [1.29, 1.82) is 0 Å². The van der Waals surface area contributed by atoms with Crippen LogP contribution in [-0.4, -0.2) is 50.4 Å². The fraction of sp³-hybridized carbons (Fsp3) is 0.583. The smallest absolute Gasteiger partial charge is 0.223 e. The lowest BCUT2D eigenvalue weighted by molar-refractivity contribution is -0.152. The molecule has 3 saturated heterocycles. The Morgan fingerprint density at radius 1 is 1.14 bits per heavy atom. The van der Waals surface area contributed by atoms with Crippen LogP contribution >= 0.6 is 0 Å². The number of piperidine rings is 3. The maximum atomic E-state index is 13.0. The topological polar surface area (TPSA) is 41.4 Å². The Morgan fingerprint density at radius 2 is 1.97 bits per heavy atom. The van der Waals surface area contributed by atoms with Crippen LogP contribution in [0.4, 0.5) is 0 Å². The molecule has 29 heavy (non-hydrogen) atoms. The molecule has 0 radical (unpaired) electrons. The second kappa shape index (κ2) is 7.94. The predicted octanol–water partition coefficient (Wildman–Crippen LogP) is 3.35. The molecule has 3 aliphatic heterocycles. The van der Waals surface area contributed by atoms with Crippen molar-refractivity contribution in [2.45, 2.75) is 64.2 Å². The Bertz CT molecular complexity index is 848. The summed E-state index contributed by atoms with van der Waals surface area (Å²) in [6, 6.07) is 11.5. The van der Waals surface area contributed by atoms with Crippen LogP contribution in [0.2, 0.25) is 0 Å². The molecule has 0 spiro atoms. The molecule has 5 nitrogen and oxygen atoms in total. The van der Waals surface area contributed by atoms with E-state index in [1.54, 1.807) is 0 Å². The molecule has 0 N–H and O–H groups in total. The van der Waals surface area contributed by atoms with Crippen molar-refractivity contribution in [3.05, 3.63) is 54.1 Å². The van der Waals surface area contributed by atoms with Crippen molar-refractivity contribution < 1.29 is 4.79 Å².